The maximum Gasteiger partial charge on any atom is 0.260 e. The molecule has 1 amide bonds. The molecule has 0 unspecified atom stereocenters. The van der Waals surface area contributed by atoms with Gasteiger partial charge in [0.05, 0.1) is 0 Å². The smallest absolute Gasteiger partial charge is 0.260 e. The van der Waals surface area contributed by atoms with Crippen LogP contribution in [0, 0.1) is 11.8 Å². The number of ether oxygens (including phenoxy) is 1. The molecular weight excluding hydrogens is 352 g/mol. The zero-order chi connectivity index (χ0) is 19.3. The van der Waals surface area contributed by atoms with Crippen LogP contribution in [0.4, 0.5) is 0 Å². The van der Waals surface area contributed by atoms with Gasteiger partial charge in [0, 0.05) is 32.2 Å². The molecule has 0 radical (unpaired) electrons. The standard InChI is InChI=1S/C23H30N2O3/c26-16-21-15-25(14-20(21)13-24-10-4-1-5-11-24)23(27)17-28-22-9-8-18-6-2-3-7-19(18)12-22/h2-3,6-9,12,20-21,26H,1,4-5,10-11,13-17H2/t20-,21-/m1/s1. The second-order valence-corrected chi connectivity index (χ2v) is 8.16. The average Bonchev–Trinajstić information content (AvgIpc) is 3.15. The summed E-state index contributed by atoms with van der Waals surface area (Å²) in [5, 5.41) is 12.1. The number of hydrogen-bond donors (Lipinski definition) is 1. The molecule has 0 bridgehead atoms. The van der Waals surface area contributed by atoms with Crippen LogP contribution in [0.25, 0.3) is 10.8 Å². The second-order valence-electron chi connectivity index (χ2n) is 8.16. The normalized spacial score (nSPS) is 23.2. The van der Waals surface area contributed by atoms with Crippen molar-refractivity contribution >= 4 is 16.7 Å². The topological polar surface area (TPSA) is 53.0 Å². The van der Waals surface area contributed by atoms with Gasteiger partial charge in [0.2, 0.25) is 0 Å². The molecule has 2 heterocycles. The van der Waals surface area contributed by atoms with Gasteiger partial charge in [-0.05, 0) is 54.8 Å². The molecule has 2 aliphatic heterocycles. The molecular formula is C23H30N2O3. The number of carbonyl (C=O) groups is 1. The van der Waals surface area contributed by atoms with Crippen molar-refractivity contribution in [1.29, 1.82) is 0 Å². The van der Waals surface area contributed by atoms with Gasteiger partial charge in [-0.15, -0.1) is 0 Å². The van der Waals surface area contributed by atoms with Crippen molar-refractivity contribution in [3.63, 3.8) is 0 Å². The first-order valence-electron chi connectivity index (χ1n) is 10.5. The Kier molecular flexibility index (Phi) is 6.13. The third kappa shape index (κ3) is 4.47. The van der Waals surface area contributed by atoms with Gasteiger partial charge < -0.3 is 19.6 Å². The van der Waals surface area contributed by atoms with Crippen LogP contribution in [0.3, 0.4) is 0 Å². The first kappa shape index (κ1) is 19.2. The Labute approximate surface area is 166 Å². The number of carbonyl (C=O) groups excluding carboxylic acids is 1. The zero-order valence-corrected chi connectivity index (χ0v) is 16.4. The number of hydrogen-bond acceptors (Lipinski definition) is 4. The lowest BCUT2D eigenvalue weighted by Crippen LogP contribution is -2.38. The SMILES string of the molecule is O=C(COc1ccc2ccccc2c1)N1C[C@@H](CN2CCCCC2)[C@@H](CO)C1. The van der Waals surface area contributed by atoms with Crippen molar-refractivity contribution in [2.24, 2.45) is 11.8 Å². The monoisotopic (exact) mass is 382 g/mol. The third-order valence-electron chi connectivity index (χ3n) is 6.19. The van der Waals surface area contributed by atoms with Crippen molar-refractivity contribution in [2.75, 3.05) is 45.9 Å². The van der Waals surface area contributed by atoms with E-state index in [1.807, 2.05) is 41.3 Å². The molecule has 4 rings (SSSR count). The van der Waals surface area contributed by atoms with Gasteiger partial charge in [0.1, 0.15) is 5.75 Å². The first-order valence-corrected chi connectivity index (χ1v) is 10.5. The third-order valence-corrected chi connectivity index (χ3v) is 6.19. The van der Waals surface area contributed by atoms with Crippen molar-refractivity contribution < 1.29 is 14.6 Å². The number of aliphatic hydroxyl groups is 1. The largest absolute Gasteiger partial charge is 0.484 e. The molecule has 0 aliphatic carbocycles. The minimum absolute atomic E-state index is 0.00718. The highest BCUT2D eigenvalue weighted by Crippen LogP contribution is 2.26. The second kappa shape index (κ2) is 8.93. The molecule has 2 aromatic rings. The van der Waals surface area contributed by atoms with E-state index < -0.39 is 0 Å². The van der Waals surface area contributed by atoms with Gasteiger partial charge in [-0.1, -0.05) is 36.8 Å². The highest BCUT2D eigenvalue weighted by molar-refractivity contribution is 5.84. The summed E-state index contributed by atoms with van der Waals surface area (Å²) in [5.41, 5.74) is 0. The lowest BCUT2D eigenvalue weighted by Gasteiger charge is -2.30. The average molecular weight is 383 g/mol. The van der Waals surface area contributed by atoms with Crippen LogP contribution in [0.1, 0.15) is 19.3 Å². The number of benzene rings is 2. The number of rotatable bonds is 6. The highest BCUT2D eigenvalue weighted by atomic mass is 16.5. The van der Waals surface area contributed by atoms with E-state index in [1.54, 1.807) is 0 Å². The van der Waals surface area contributed by atoms with Gasteiger partial charge >= 0.3 is 0 Å². The number of nitrogens with zero attached hydrogens (tertiary/aromatic N) is 2. The van der Waals surface area contributed by atoms with Crippen LogP contribution in [0.2, 0.25) is 0 Å². The van der Waals surface area contributed by atoms with Crippen LogP contribution < -0.4 is 4.74 Å². The molecule has 0 aromatic heterocycles. The fourth-order valence-corrected chi connectivity index (χ4v) is 4.52. The fraction of sp³-hybridized carbons (Fsp3) is 0.522. The van der Waals surface area contributed by atoms with E-state index in [9.17, 15) is 9.90 Å². The van der Waals surface area contributed by atoms with Crippen molar-refractivity contribution in [3.05, 3.63) is 42.5 Å². The van der Waals surface area contributed by atoms with Gasteiger partial charge in [-0.3, -0.25) is 4.79 Å². The summed E-state index contributed by atoms with van der Waals surface area (Å²) >= 11 is 0. The minimum atomic E-state index is 0.00718. The van der Waals surface area contributed by atoms with Gasteiger partial charge in [-0.2, -0.15) is 0 Å². The van der Waals surface area contributed by atoms with Crippen molar-refractivity contribution in [2.45, 2.75) is 19.3 Å². The van der Waals surface area contributed by atoms with Crippen LogP contribution in [-0.2, 0) is 4.79 Å². The Balaban J connectivity index is 1.32. The number of likely N-dealkylation sites (tertiary alicyclic amines) is 2. The molecule has 0 spiro atoms. The maximum absolute atomic E-state index is 12.7. The van der Waals surface area contributed by atoms with E-state index in [0.717, 1.165) is 42.7 Å². The summed E-state index contributed by atoms with van der Waals surface area (Å²) in [4.78, 5) is 17.1. The molecule has 1 N–H and O–H groups in total. The summed E-state index contributed by atoms with van der Waals surface area (Å²) in [6, 6.07) is 14.0. The van der Waals surface area contributed by atoms with E-state index in [4.69, 9.17) is 4.74 Å². The Morgan fingerprint density at radius 3 is 2.54 bits per heavy atom. The predicted octanol–water partition coefficient (Wildman–Crippen LogP) is 2.77. The molecule has 2 fully saturated rings. The predicted molar refractivity (Wildman–Crippen MR) is 110 cm³/mol. The number of fused-ring (bicyclic) bond motifs is 1. The Morgan fingerprint density at radius 2 is 1.75 bits per heavy atom. The lowest BCUT2D eigenvalue weighted by molar-refractivity contribution is -0.132. The quantitative estimate of drug-likeness (QED) is 0.835. The van der Waals surface area contributed by atoms with E-state index in [0.29, 0.717) is 12.5 Å². The molecule has 2 aromatic carbocycles. The summed E-state index contributed by atoms with van der Waals surface area (Å²) in [7, 11) is 0. The van der Waals surface area contributed by atoms with E-state index >= 15 is 0 Å². The van der Waals surface area contributed by atoms with Crippen LogP contribution in [-0.4, -0.2) is 66.8 Å². The van der Waals surface area contributed by atoms with Crippen LogP contribution >= 0.6 is 0 Å². The molecule has 2 atom stereocenters. The fourth-order valence-electron chi connectivity index (χ4n) is 4.52. The van der Waals surface area contributed by atoms with Crippen molar-refractivity contribution in [3.8, 4) is 5.75 Å². The molecule has 5 nitrogen and oxygen atoms in total. The molecule has 0 saturated carbocycles. The van der Waals surface area contributed by atoms with Gasteiger partial charge in [-0.25, -0.2) is 0 Å². The Bertz CT molecular complexity index is 803. The maximum atomic E-state index is 12.7. The molecule has 2 saturated heterocycles. The van der Waals surface area contributed by atoms with Crippen LogP contribution in [0.5, 0.6) is 5.75 Å². The first-order chi connectivity index (χ1) is 13.7. The number of amides is 1. The lowest BCUT2D eigenvalue weighted by atomic mass is 9.95. The molecule has 5 heteroatoms. The number of piperidine rings is 1. The van der Waals surface area contributed by atoms with E-state index in [1.165, 1.54) is 19.3 Å². The summed E-state index contributed by atoms with van der Waals surface area (Å²) in [6.07, 6.45) is 3.85. The Morgan fingerprint density at radius 1 is 1.00 bits per heavy atom. The molecule has 150 valence electrons. The number of aliphatic hydroxyl groups excluding tert-OH is 1. The minimum Gasteiger partial charge on any atom is -0.484 e. The summed E-state index contributed by atoms with van der Waals surface area (Å²) in [5.74, 6) is 1.25. The van der Waals surface area contributed by atoms with Crippen molar-refractivity contribution in [1.82, 2.24) is 9.80 Å². The molecule has 28 heavy (non-hydrogen) atoms. The van der Waals surface area contributed by atoms with Gasteiger partial charge in [0.15, 0.2) is 6.61 Å². The van der Waals surface area contributed by atoms with E-state index in [2.05, 4.69) is 11.0 Å². The summed E-state index contributed by atoms with van der Waals surface area (Å²) in [6.45, 7) is 4.83. The highest BCUT2D eigenvalue weighted by Gasteiger charge is 2.35. The molecule has 2 aliphatic rings. The van der Waals surface area contributed by atoms with Gasteiger partial charge in [0.25, 0.3) is 5.91 Å². The van der Waals surface area contributed by atoms with Crippen LogP contribution in [0.15, 0.2) is 42.5 Å². The Hall–Kier alpha value is -2.11. The summed E-state index contributed by atoms with van der Waals surface area (Å²) < 4.78 is 5.78. The van der Waals surface area contributed by atoms with E-state index in [-0.39, 0.29) is 25.0 Å². The zero-order valence-electron chi connectivity index (χ0n) is 16.4.